The predicted octanol–water partition coefficient (Wildman–Crippen LogP) is 19.2. The molecule has 0 spiro atoms. The molecule has 0 bridgehead atoms. The molecule has 0 N–H and O–H groups in total. The summed E-state index contributed by atoms with van der Waals surface area (Å²) in [5.41, 5.74) is 22.7. The van der Waals surface area contributed by atoms with Crippen molar-refractivity contribution in [3.05, 3.63) is 271 Å². The highest BCUT2D eigenvalue weighted by molar-refractivity contribution is 6.11. The van der Waals surface area contributed by atoms with Gasteiger partial charge in [0.1, 0.15) is 0 Å². The van der Waals surface area contributed by atoms with E-state index >= 15 is 0 Å². The number of benzene rings is 11. The summed E-state index contributed by atoms with van der Waals surface area (Å²) in [6.07, 6.45) is 0. The number of rotatable bonds is 8. The minimum absolute atomic E-state index is 0.163. The molecule has 11 aromatic carbocycles. The molecule has 1 heterocycles. The summed E-state index contributed by atoms with van der Waals surface area (Å²) in [7, 11) is 0. The molecule has 0 atom stereocenters. The Morgan fingerprint density at radius 1 is 0.288 bits per heavy atom. The summed E-state index contributed by atoms with van der Waals surface area (Å²) >= 11 is 0. The molecule has 1 aromatic heterocycles. The SMILES string of the molecule is CC1(C)c2ccccc2-c2ccc(N(c3ccccc3)c3cc(-c4ccc5c(c4)c4ccccc4n5-c4ccc5ccccc5c4)cc(N(c4ccccc4)c4ccc5c(c4)C(C)(C)c4ccccc4-5)c3)cc21. The van der Waals surface area contributed by atoms with Crippen LogP contribution in [-0.2, 0) is 10.8 Å². The third-order valence-electron chi connectivity index (χ3n) is 16.1. The summed E-state index contributed by atoms with van der Waals surface area (Å²) in [5.74, 6) is 0. The monoisotopic (exact) mass is 935 g/mol. The molecule has 0 saturated heterocycles. The maximum atomic E-state index is 2.46. The Hall–Kier alpha value is -8.92. The number of fused-ring (bicyclic) bond motifs is 10. The van der Waals surface area contributed by atoms with Crippen molar-refractivity contribution in [2.45, 2.75) is 38.5 Å². The zero-order valence-corrected chi connectivity index (χ0v) is 41.5. The lowest BCUT2D eigenvalue weighted by atomic mass is 9.82. The molecule has 0 fully saturated rings. The smallest absolute Gasteiger partial charge is 0.0541 e. The van der Waals surface area contributed by atoms with Gasteiger partial charge in [0.05, 0.1) is 11.0 Å². The first kappa shape index (κ1) is 42.9. The van der Waals surface area contributed by atoms with Gasteiger partial charge in [0, 0.05) is 61.4 Å². The summed E-state index contributed by atoms with van der Waals surface area (Å²) < 4.78 is 2.43. The van der Waals surface area contributed by atoms with Crippen molar-refractivity contribution in [3.8, 4) is 39.1 Å². The van der Waals surface area contributed by atoms with E-state index in [0.717, 1.165) is 50.9 Å². The van der Waals surface area contributed by atoms with Crippen LogP contribution in [0.1, 0.15) is 49.9 Å². The van der Waals surface area contributed by atoms with Gasteiger partial charge in [0.25, 0.3) is 0 Å². The Bertz CT molecular complexity index is 3990. The van der Waals surface area contributed by atoms with E-state index in [0.29, 0.717) is 0 Å². The molecule has 3 nitrogen and oxygen atoms in total. The van der Waals surface area contributed by atoms with Gasteiger partial charge < -0.3 is 14.4 Å². The number of hydrogen-bond donors (Lipinski definition) is 0. The highest BCUT2D eigenvalue weighted by atomic mass is 15.2. The highest BCUT2D eigenvalue weighted by Crippen LogP contribution is 2.53. The third kappa shape index (κ3) is 6.72. The van der Waals surface area contributed by atoms with Crippen LogP contribution in [0, 0.1) is 0 Å². The number of aromatic nitrogens is 1. The lowest BCUT2D eigenvalue weighted by molar-refractivity contribution is 0.660. The standard InChI is InChI=1S/C70H53N3/c1-69(2)63-28-16-13-25-57(63)59-36-34-53(44-65(59)69)71(50-21-7-5-8-22-50)55-40-49(48-32-38-68-62(42-48)61-27-15-18-30-67(61)73(68)52-33-31-46-19-11-12-20-47(46)39-52)41-56(43-55)72(51-23-9-6-10-24-51)54-35-37-60-58-26-14-17-29-64(58)70(3,4)66(60)45-54/h5-45H,1-4H3. The van der Waals surface area contributed by atoms with Crippen molar-refractivity contribution >= 4 is 66.7 Å². The molecule has 2 aliphatic rings. The fourth-order valence-electron chi connectivity index (χ4n) is 12.5. The minimum Gasteiger partial charge on any atom is -0.310 e. The van der Waals surface area contributed by atoms with Crippen molar-refractivity contribution in [1.82, 2.24) is 4.57 Å². The van der Waals surface area contributed by atoms with Crippen molar-refractivity contribution in [2.75, 3.05) is 9.80 Å². The molecule has 3 heteroatoms. The van der Waals surface area contributed by atoms with Crippen LogP contribution in [0.4, 0.5) is 34.1 Å². The van der Waals surface area contributed by atoms with E-state index in [1.807, 2.05) is 0 Å². The molecule has 0 unspecified atom stereocenters. The molecule has 14 rings (SSSR count). The van der Waals surface area contributed by atoms with Gasteiger partial charge in [-0.05, 0) is 163 Å². The van der Waals surface area contributed by atoms with Crippen LogP contribution in [0.3, 0.4) is 0 Å². The van der Waals surface area contributed by atoms with Crippen LogP contribution in [0.15, 0.2) is 249 Å². The maximum Gasteiger partial charge on any atom is 0.0541 e. The summed E-state index contributed by atoms with van der Waals surface area (Å²) in [6.45, 7) is 9.48. The average Bonchev–Trinajstić information content (AvgIpc) is 3.98. The van der Waals surface area contributed by atoms with Gasteiger partial charge in [-0.1, -0.05) is 179 Å². The van der Waals surface area contributed by atoms with Crippen molar-refractivity contribution in [2.24, 2.45) is 0 Å². The predicted molar refractivity (Wildman–Crippen MR) is 308 cm³/mol. The van der Waals surface area contributed by atoms with Crippen LogP contribution < -0.4 is 9.80 Å². The van der Waals surface area contributed by atoms with Crippen molar-refractivity contribution in [3.63, 3.8) is 0 Å². The largest absolute Gasteiger partial charge is 0.310 e. The van der Waals surface area contributed by atoms with Crippen molar-refractivity contribution in [1.29, 1.82) is 0 Å². The van der Waals surface area contributed by atoms with E-state index in [-0.39, 0.29) is 10.8 Å². The van der Waals surface area contributed by atoms with Crippen molar-refractivity contribution < 1.29 is 0 Å². The first-order valence-electron chi connectivity index (χ1n) is 25.6. The molecular weight excluding hydrogens is 883 g/mol. The number of anilines is 6. The van der Waals surface area contributed by atoms with E-state index in [1.54, 1.807) is 0 Å². The van der Waals surface area contributed by atoms with Crippen LogP contribution in [0.2, 0.25) is 0 Å². The average molecular weight is 936 g/mol. The Morgan fingerprint density at radius 2 is 0.781 bits per heavy atom. The zero-order valence-electron chi connectivity index (χ0n) is 41.5. The molecule has 348 valence electrons. The number of hydrogen-bond acceptors (Lipinski definition) is 2. The molecule has 0 amide bonds. The summed E-state index contributed by atoms with van der Waals surface area (Å²) in [6, 6.07) is 92.4. The quantitative estimate of drug-likeness (QED) is 0.150. The molecule has 0 radical (unpaired) electrons. The molecule has 73 heavy (non-hydrogen) atoms. The van der Waals surface area contributed by atoms with E-state index in [4.69, 9.17) is 0 Å². The maximum absolute atomic E-state index is 2.46. The van der Waals surface area contributed by atoms with E-state index in [1.165, 1.54) is 77.1 Å². The number of nitrogens with zero attached hydrogens (tertiary/aromatic N) is 3. The second kappa shape index (κ2) is 16.3. The fourth-order valence-corrected chi connectivity index (χ4v) is 12.5. The Morgan fingerprint density at radius 3 is 1.38 bits per heavy atom. The Kier molecular flexibility index (Phi) is 9.59. The zero-order chi connectivity index (χ0) is 49.0. The van der Waals surface area contributed by atoms with Crippen LogP contribution in [0.5, 0.6) is 0 Å². The van der Waals surface area contributed by atoms with E-state index < -0.39 is 0 Å². The second-order valence-electron chi connectivity index (χ2n) is 21.0. The second-order valence-corrected chi connectivity index (χ2v) is 21.0. The normalized spacial score (nSPS) is 13.7. The van der Waals surface area contributed by atoms with Gasteiger partial charge in [-0.3, -0.25) is 0 Å². The molecule has 2 aliphatic carbocycles. The van der Waals surface area contributed by atoms with Gasteiger partial charge >= 0.3 is 0 Å². The summed E-state index contributed by atoms with van der Waals surface area (Å²) in [5, 5.41) is 4.91. The van der Waals surface area contributed by atoms with Gasteiger partial charge in [0.2, 0.25) is 0 Å². The first-order valence-corrected chi connectivity index (χ1v) is 25.6. The topological polar surface area (TPSA) is 11.4 Å². The van der Waals surface area contributed by atoms with Crippen LogP contribution in [-0.4, -0.2) is 4.57 Å². The van der Waals surface area contributed by atoms with E-state index in [2.05, 4.69) is 291 Å². The molecule has 0 aliphatic heterocycles. The number of para-hydroxylation sites is 3. The molecular formula is C70H53N3. The van der Waals surface area contributed by atoms with Gasteiger partial charge in [0.15, 0.2) is 0 Å². The van der Waals surface area contributed by atoms with Crippen LogP contribution in [0.25, 0.3) is 71.6 Å². The Labute approximate surface area is 427 Å². The molecule has 0 saturated carbocycles. The minimum atomic E-state index is -0.163. The van der Waals surface area contributed by atoms with Gasteiger partial charge in [-0.25, -0.2) is 0 Å². The highest BCUT2D eigenvalue weighted by Gasteiger charge is 2.37. The lowest BCUT2D eigenvalue weighted by Gasteiger charge is -2.32. The summed E-state index contributed by atoms with van der Waals surface area (Å²) in [4.78, 5) is 4.92. The third-order valence-corrected chi connectivity index (χ3v) is 16.1. The van der Waals surface area contributed by atoms with Crippen LogP contribution >= 0.6 is 0 Å². The first-order chi connectivity index (χ1) is 35.7. The van der Waals surface area contributed by atoms with Gasteiger partial charge in [-0.2, -0.15) is 0 Å². The van der Waals surface area contributed by atoms with E-state index in [9.17, 15) is 0 Å². The Balaban J connectivity index is 1.01. The fraction of sp³-hybridized carbons (Fsp3) is 0.0857. The lowest BCUT2D eigenvalue weighted by Crippen LogP contribution is -2.17. The molecule has 12 aromatic rings. The van der Waals surface area contributed by atoms with Gasteiger partial charge in [-0.15, -0.1) is 0 Å².